The molecule has 0 bridgehead atoms. The predicted molar refractivity (Wildman–Crippen MR) is 269 cm³/mol. The second-order valence-electron chi connectivity index (χ2n) is 16.4. The van der Waals surface area contributed by atoms with Crippen LogP contribution in [0.25, 0.3) is 116 Å². The maximum atomic E-state index is 9.96. The van der Waals surface area contributed by atoms with Crippen molar-refractivity contribution in [3.63, 3.8) is 0 Å². The lowest BCUT2D eigenvalue weighted by atomic mass is 9.92. The zero-order valence-electron chi connectivity index (χ0n) is 35.5. The van der Waals surface area contributed by atoms with Crippen LogP contribution in [0.2, 0.25) is 0 Å². The Morgan fingerprint density at radius 3 is 1.56 bits per heavy atom. The molecule has 6 nitrogen and oxygen atoms in total. The Morgan fingerprint density at radius 1 is 0.439 bits per heavy atom. The Balaban J connectivity index is 1.23. The lowest BCUT2D eigenvalue weighted by Crippen LogP contribution is -2.03. The third-order valence-electron chi connectivity index (χ3n) is 12.6. The van der Waals surface area contributed by atoms with Crippen molar-refractivity contribution in [2.45, 2.75) is 0 Å². The molecule has 12 rings (SSSR count). The molecule has 9 aromatic carbocycles. The molecular weight excluding hydrogens is 805 g/mol. The van der Waals surface area contributed by atoms with Crippen LogP contribution in [0.3, 0.4) is 0 Å². The predicted octanol–water partition coefficient (Wildman–Crippen LogP) is 15.4. The number of aromatic nitrogens is 4. The molecule has 306 valence electrons. The molecule has 0 saturated carbocycles. The van der Waals surface area contributed by atoms with Gasteiger partial charge in [-0.05, 0) is 71.8 Å². The molecule has 0 aliphatic heterocycles. The highest BCUT2D eigenvalue weighted by Gasteiger charge is 2.25. The van der Waals surface area contributed by atoms with Crippen molar-refractivity contribution >= 4 is 49.3 Å². The van der Waals surface area contributed by atoms with Gasteiger partial charge in [-0.15, -0.1) is 0 Å². The summed E-state index contributed by atoms with van der Waals surface area (Å²) in [5, 5.41) is 14.6. The molecule has 0 radical (unpaired) electrons. The zero-order valence-corrected chi connectivity index (χ0v) is 35.5. The van der Waals surface area contributed by atoms with E-state index < -0.39 is 0 Å². The molecule has 66 heavy (non-hydrogen) atoms. The Labute approximate surface area is 381 Å². The fourth-order valence-electron chi connectivity index (χ4n) is 9.57. The third kappa shape index (κ3) is 6.33. The van der Waals surface area contributed by atoms with Crippen LogP contribution >= 0.6 is 0 Å². The van der Waals surface area contributed by atoms with Gasteiger partial charge in [-0.3, -0.25) is 0 Å². The van der Waals surface area contributed by atoms with Crippen molar-refractivity contribution in [2.24, 2.45) is 0 Å². The van der Waals surface area contributed by atoms with Crippen LogP contribution in [-0.4, -0.2) is 19.1 Å². The maximum Gasteiger partial charge on any atom is 0.187 e. The summed E-state index contributed by atoms with van der Waals surface area (Å²) in [4.78, 5) is 14.4. The second-order valence-corrected chi connectivity index (χ2v) is 16.4. The van der Waals surface area contributed by atoms with Crippen LogP contribution in [0.1, 0.15) is 5.56 Å². The highest BCUT2D eigenvalue weighted by Crippen LogP contribution is 2.47. The minimum atomic E-state index is 0.558. The number of benzene rings is 9. The summed E-state index contributed by atoms with van der Waals surface area (Å²) >= 11 is 0. The molecule has 0 saturated heterocycles. The maximum absolute atomic E-state index is 9.96. The van der Waals surface area contributed by atoms with Crippen molar-refractivity contribution in [1.82, 2.24) is 19.1 Å². The van der Waals surface area contributed by atoms with Crippen molar-refractivity contribution in [3.05, 3.63) is 235 Å². The first-order chi connectivity index (χ1) is 32.6. The number of para-hydroxylation sites is 3. The van der Waals surface area contributed by atoms with E-state index in [2.05, 4.69) is 154 Å². The number of nitrogens with zero attached hydrogens (tertiary/aromatic N) is 6. The van der Waals surface area contributed by atoms with Crippen molar-refractivity contribution in [1.29, 1.82) is 5.26 Å². The molecule has 0 fully saturated rings. The standard InChI is InChI=1S/C60H36N6/c1-62-45-31-29-41(30-32-45)51-36-44(60-63-52(42-15-5-2-6-16-42)37-53(64-60)43-17-7-3-8-18-43)35-50(40-27-25-39(38-61)26-28-40)58(51)66-55-24-14-12-22-49(55)57-56(66)34-33-48-47-21-11-13-23-54(47)65(59(48)57)46-19-9-4-10-20-46/h2-37H. The van der Waals surface area contributed by atoms with Gasteiger partial charge in [-0.2, -0.15) is 5.26 Å². The molecule has 0 spiro atoms. The Bertz CT molecular complexity index is 3770. The monoisotopic (exact) mass is 840 g/mol. The van der Waals surface area contributed by atoms with E-state index >= 15 is 0 Å². The average Bonchev–Trinajstić information content (AvgIpc) is 3.92. The second kappa shape index (κ2) is 15.8. The topological polar surface area (TPSA) is 63.8 Å². The third-order valence-corrected chi connectivity index (χ3v) is 12.6. The molecule has 12 aromatic rings. The van der Waals surface area contributed by atoms with Crippen molar-refractivity contribution < 1.29 is 0 Å². The molecule has 6 heteroatoms. The van der Waals surface area contributed by atoms with E-state index in [1.54, 1.807) is 0 Å². The molecular formula is C60H36N6. The Kier molecular flexibility index (Phi) is 9.16. The molecule has 0 N–H and O–H groups in total. The van der Waals surface area contributed by atoms with Crippen molar-refractivity contribution in [3.8, 4) is 73.6 Å². The molecule has 0 aliphatic carbocycles. The zero-order chi connectivity index (χ0) is 44.1. The van der Waals surface area contributed by atoms with Crippen LogP contribution < -0.4 is 0 Å². The van der Waals surface area contributed by atoms with Gasteiger partial charge in [0.05, 0.1) is 57.3 Å². The van der Waals surface area contributed by atoms with Gasteiger partial charge in [0.15, 0.2) is 11.5 Å². The summed E-state index contributed by atoms with van der Waals surface area (Å²) in [6.45, 7) is 7.83. The summed E-state index contributed by atoms with van der Waals surface area (Å²) in [5.74, 6) is 0.576. The number of rotatable bonds is 7. The largest absolute Gasteiger partial charge is 0.309 e. The van der Waals surface area contributed by atoms with E-state index in [9.17, 15) is 5.26 Å². The number of fused-ring (bicyclic) bond motifs is 7. The number of nitriles is 1. The van der Waals surface area contributed by atoms with Gasteiger partial charge in [0.2, 0.25) is 0 Å². The van der Waals surface area contributed by atoms with Crippen LogP contribution in [0.4, 0.5) is 5.69 Å². The fraction of sp³-hybridized carbons (Fsp3) is 0. The van der Waals surface area contributed by atoms with E-state index in [1.165, 1.54) is 10.8 Å². The lowest BCUT2D eigenvalue weighted by Gasteiger charge is -2.21. The van der Waals surface area contributed by atoms with Crippen molar-refractivity contribution in [2.75, 3.05) is 0 Å². The van der Waals surface area contributed by atoms with Gasteiger partial charge in [-0.25, -0.2) is 14.8 Å². The van der Waals surface area contributed by atoms with Crippen LogP contribution in [0, 0.1) is 17.9 Å². The molecule has 0 unspecified atom stereocenters. The first-order valence-electron chi connectivity index (χ1n) is 21.8. The summed E-state index contributed by atoms with van der Waals surface area (Å²) in [5.41, 5.74) is 15.7. The lowest BCUT2D eigenvalue weighted by molar-refractivity contribution is 1.16. The molecule has 0 amide bonds. The quantitative estimate of drug-likeness (QED) is 0.150. The Hall–Kier alpha value is -9.36. The van der Waals surface area contributed by atoms with Gasteiger partial charge in [0.25, 0.3) is 0 Å². The first kappa shape index (κ1) is 38.3. The summed E-state index contributed by atoms with van der Waals surface area (Å²) in [7, 11) is 0. The number of hydrogen-bond donors (Lipinski definition) is 0. The summed E-state index contributed by atoms with van der Waals surface area (Å²) in [6.07, 6.45) is 0. The smallest absolute Gasteiger partial charge is 0.187 e. The normalized spacial score (nSPS) is 11.3. The minimum Gasteiger partial charge on any atom is -0.309 e. The van der Waals surface area contributed by atoms with E-state index in [0.29, 0.717) is 17.1 Å². The first-order valence-corrected chi connectivity index (χ1v) is 21.8. The molecule has 0 aliphatic rings. The summed E-state index contributed by atoms with van der Waals surface area (Å²) < 4.78 is 4.81. The van der Waals surface area contributed by atoms with Gasteiger partial charge in [0.1, 0.15) is 0 Å². The average molecular weight is 841 g/mol. The van der Waals surface area contributed by atoms with E-state index in [4.69, 9.17) is 16.5 Å². The molecule has 0 atom stereocenters. The molecule has 3 heterocycles. The van der Waals surface area contributed by atoms with Gasteiger partial charge in [-0.1, -0.05) is 158 Å². The SMILES string of the molecule is [C-]#[N+]c1ccc(-c2cc(-c3nc(-c4ccccc4)cc(-c4ccccc4)n3)cc(-c3ccc(C#N)cc3)c2-n2c3ccccc3c3c2ccc2c4ccccc4n(-c4ccccc4)c23)cc1. The van der Waals surface area contributed by atoms with E-state index in [-0.39, 0.29) is 0 Å². The summed E-state index contributed by atoms with van der Waals surface area (Å²) in [6, 6.07) is 77.3. The highest BCUT2D eigenvalue weighted by molar-refractivity contribution is 6.26. The van der Waals surface area contributed by atoms with Gasteiger partial charge >= 0.3 is 0 Å². The Morgan fingerprint density at radius 2 is 0.970 bits per heavy atom. The van der Waals surface area contributed by atoms with Crippen LogP contribution in [0.15, 0.2) is 218 Å². The van der Waals surface area contributed by atoms with Gasteiger partial charge in [0, 0.05) is 55.0 Å². The van der Waals surface area contributed by atoms with Gasteiger partial charge < -0.3 is 9.13 Å². The van der Waals surface area contributed by atoms with Crippen LogP contribution in [-0.2, 0) is 0 Å². The molecule has 3 aromatic heterocycles. The number of hydrogen-bond acceptors (Lipinski definition) is 3. The fourth-order valence-corrected chi connectivity index (χ4v) is 9.57. The highest BCUT2D eigenvalue weighted by atomic mass is 15.0. The van der Waals surface area contributed by atoms with E-state index in [0.717, 1.165) is 94.5 Å². The minimum absolute atomic E-state index is 0.558. The van der Waals surface area contributed by atoms with Crippen LogP contribution in [0.5, 0.6) is 0 Å². The van der Waals surface area contributed by atoms with E-state index in [1.807, 2.05) is 84.9 Å².